The molecule has 88 valence electrons. The molecule has 0 amide bonds. The largest absolute Gasteiger partial charge is 0.394 e. The van der Waals surface area contributed by atoms with Crippen LogP contribution in [0, 0.1) is 0 Å². The molecule has 1 saturated heterocycles. The lowest BCUT2D eigenvalue weighted by atomic mass is 10.2. The van der Waals surface area contributed by atoms with Crippen LogP contribution in [0.25, 0.3) is 0 Å². The molecule has 2 rings (SSSR count). The highest BCUT2D eigenvalue weighted by Crippen LogP contribution is 2.23. The minimum atomic E-state index is -0.296. The standard InChI is InChI=1S/C12H16O4/c13-6-7-14-11-8-15-12(16-9-11)10-4-2-1-3-5-10/h1-5,11-13H,6-9H2/t11-,12+. The van der Waals surface area contributed by atoms with Gasteiger partial charge in [-0.3, -0.25) is 0 Å². The molecule has 0 unspecified atom stereocenters. The Morgan fingerprint density at radius 2 is 1.88 bits per heavy atom. The average Bonchev–Trinajstić information content (AvgIpc) is 2.38. The van der Waals surface area contributed by atoms with Gasteiger partial charge < -0.3 is 19.3 Å². The Morgan fingerprint density at radius 3 is 2.50 bits per heavy atom. The fraction of sp³-hybridized carbons (Fsp3) is 0.500. The molecule has 4 heteroatoms. The molecule has 1 aromatic carbocycles. The molecule has 1 aliphatic heterocycles. The van der Waals surface area contributed by atoms with E-state index in [1.807, 2.05) is 30.3 Å². The maximum Gasteiger partial charge on any atom is 0.184 e. The zero-order valence-electron chi connectivity index (χ0n) is 9.04. The third-order valence-corrected chi connectivity index (χ3v) is 2.38. The van der Waals surface area contributed by atoms with Gasteiger partial charge >= 0.3 is 0 Å². The van der Waals surface area contributed by atoms with E-state index in [9.17, 15) is 0 Å². The molecule has 0 atom stereocenters. The van der Waals surface area contributed by atoms with Crippen LogP contribution in [0.3, 0.4) is 0 Å². The zero-order chi connectivity index (χ0) is 11.2. The summed E-state index contributed by atoms with van der Waals surface area (Å²) in [6.07, 6.45) is -0.373. The van der Waals surface area contributed by atoms with Crippen molar-refractivity contribution >= 4 is 0 Å². The van der Waals surface area contributed by atoms with E-state index in [4.69, 9.17) is 19.3 Å². The number of rotatable bonds is 4. The number of ether oxygens (including phenoxy) is 3. The Hall–Kier alpha value is -0.940. The summed E-state index contributed by atoms with van der Waals surface area (Å²) in [5, 5.41) is 8.62. The van der Waals surface area contributed by atoms with Crippen molar-refractivity contribution in [1.82, 2.24) is 0 Å². The molecule has 16 heavy (non-hydrogen) atoms. The third-order valence-electron chi connectivity index (χ3n) is 2.38. The summed E-state index contributed by atoms with van der Waals surface area (Å²) in [5.41, 5.74) is 1.02. The lowest BCUT2D eigenvalue weighted by molar-refractivity contribution is -0.231. The molecule has 1 fully saturated rings. The van der Waals surface area contributed by atoms with Gasteiger partial charge in [-0.25, -0.2) is 0 Å². The maximum absolute atomic E-state index is 8.62. The molecule has 1 aliphatic rings. The van der Waals surface area contributed by atoms with E-state index in [0.29, 0.717) is 19.8 Å². The van der Waals surface area contributed by atoms with Gasteiger partial charge in [0.25, 0.3) is 0 Å². The Kier molecular flexibility index (Phi) is 4.30. The summed E-state index contributed by atoms with van der Waals surface area (Å²) in [6.45, 7) is 1.35. The third kappa shape index (κ3) is 3.02. The van der Waals surface area contributed by atoms with Gasteiger partial charge in [0.2, 0.25) is 0 Å². The quantitative estimate of drug-likeness (QED) is 0.832. The second kappa shape index (κ2) is 5.96. The van der Waals surface area contributed by atoms with Gasteiger partial charge in [0.15, 0.2) is 6.29 Å². The second-order valence-corrected chi connectivity index (χ2v) is 3.63. The van der Waals surface area contributed by atoms with E-state index < -0.39 is 0 Å². The minimum Gasteiger partial charge on any atom is -0.394 e. The Labute approximate surface area is 94.8 Å². The first-order valence-corrected chi connectivity index (χ1v) is 5.41. The summed E-state index contributed by atoms with van der Waals surface area (Å²) in [7, 11) is 0. The van der Waals surface area contributed by atoms with Gasteiger partial charge in [-0.1, -0.05) is 30.3 Å². The van der Waals surface area contributed by atoms with Crippen molar-refractivity contribution in [3.05, 3.63) is 35.9 Å². The lowest BCUT2D eigenvalue weighted by Crippen LogP contribution is -2.34. The van der Waals surface area contributed by atoms with Crippen LogP contribution in [0.1, 0.15) is 11.9 Å². The number of hydrogen-bond donors (Lipinski definition) is 1. The zero-order valence-corrected chi connectivity index (χ0v) is 9.04. The van der Waals surface area contributed by atoms with Gasteiger partial charge in [0.1, 0.15) is 6.10 Å². The molecular formula is C12H16O4. The lowest BCUT2D eigenvalue weighted by Gasteiger charge is -2.29. The second-order valence-electron chi connectivity index (χ2n) is 3.63. The van der Waals surface area contributed by atoms with E-state index in [0.717, 1.165) is 5.56 Å². The van der Waals surface area contributed by atoms with Gasteiger partial charge in [-0.2, -0.15) is 0 Å². The number of hydrogen-bond acceptors (Lipinski definition) is 4. The van der Waals surface area contributed by atoms with Crippen LogP contribution in [-0.4, -0.2) is 37.6 Å². The summed E-state index contributed by atoms with van der Waals surface area (Å²) in [5.74, 6) is 0. The molecule has 0 aromatic heterocycles. The van der Waals surface area contributed by atoms with Crippen LogP contribution in [-0.2, 0) is 14.2 Å². The fourth-order valence-corrected chi connectivity index (χ4v) is 1.60. The minimum absolute atomic E-state index is 0.0264. The van der Waals surface area contributed by atoms with E-state index >= 15 is 0 Å². The average molecular weight is 224 g/mol. The molecule has 0 bridgehead atoms. The molecule has 1 aromatic rings. The summed E-state index contributed by atoms with van der Waals surface area (Å²) >= 11 is 0. The van der Waals surface area contributed by atoms with Crippen LogP contribution in [0.4, 0.5) is 0 Å². The molecule has 1 N–H and O–H groups in total. The van der Waals surface area contributed by atoms with E-state index in [-0.39, 0.29) is 19.0 Å². The molecule has 4 nitrogen and oxygen atoms in total. The van der Waals surface area contributed by atoms with Crippen LogP contribution in [0.15, 0.2) is 30.3 Å². The number of aliphatic hydroxyl groups is 1. The first kappa shape index (κ1) is 11.5. The molecule has 0 aliphatic carbocycles. The highest BCUT2D eigenvalue weighted by molar-refractivity contribution is 5.16. The predicted molar refractivity (Wildman–Crippen MR) is 57.9 cm³/mol. The van der Waals surface area contributed by atoms with Crippen molar-refractivity contribution in [2.24, 2.45) is 0 Å². The summed E-state index contributed by atoms with van der Waals surface area (Å²) < 4.78 is 16.4. The normalized spacial score (nSPS) is 25.6. The monoisotopic (exact) mass is 224 g/mol. The first-order valence-electron chi connectivity index (χ1n) is 5.41. The van der Waals surface area contributed by atoms with E-state index in [2.05, 4.69) is 0 Å². The molecule has 0 spiro atoms. The van der Waals surface area contributed by atoms with Crippen LogP contribution >= 0.6 is 0 Å². The van der Waals surface area contributed by atoms with Gasteiger partial charge in [0.05, 0.1) is 26.4 Å². The van der Waals surface area contributed by atoms with Gasteiger partial charge in [-0.05, 0) is 0 Å². The number of benzene rings is 1. The van der Waals surface area contributed by atoms with Crippen LogP contribution in [0.5, 0.6) is 0 Å². The summed E-state index contributed by atoms with van der Waals surface area (Å²) in [4.78, 5) is 0. The molecule has 0 radical (unpaired) electrons. The predicted octanol–water partition coefficient (Wildman–Crippen LogP) is 1.11. The maximum atomic E-state index is 8.62. The Balaban J connectivity index is 1.81. The van der Waals surface area contributed by atoms with Crippen LogP contribution < -0.4 is 0 Å². The molecule has 1 heterocycles. The van der Waals surface area contributed by atoms with Crippen LogP contribution in [0.2, 0.25) is 0 Å². The Morgan fingerprint density at radius 1 is 1.19 bits per heavy atom. The number of aliphatic hydroxyl groups excluding tert-OH is 1. The van der Waals surface area contributed by atoms with Gasteiger partial charge in [-0.15, -0.1) is 0 Å². The van der Waals surface area contributed by atoms with E-state index in [1.165, 1.54) is 0 Å². The smallest absolute Gasteiger partial charge is 0.184 e. The topological polar surface area (TPSA) is 47.9 Å². The van der Waals surface area contributed by atoms with Crippen molar-refractivity contribution in [1.29, 1.82) is 0 Å². The SMILES string of the molecule is OCCO[C@H]1CO[C@@H](c2ccccc2)OC1. The van der Waals surface area contributed by atoms with Crippen molar-refractivity contribution in [2.75, 3.05) is 26.4 Å². The first-order chi connectivity index (χ1) is 7.90. The highest BCUT2D eigenvalue weighted by Gasteiger charge is 2.23. The fourth-order valence-electron chi connectivity index (χ4n) is 1.60. The molecular weight excluding hydrogens is 208 g/mol. The highest BCUT2D eigenvalue weighted by atomic mass is 16.7. The molecule has 0 saturated carbocycles. The van der Waals surface area contributed by atoms with Crippen molar-refractivity contribution in [3.8, 4) is 0 Å². The van der Waals surface area contributed by atoms with Gasteiger partial charge in [0, 0.05) is 5.56 Å². The summed E-state index contributed by atoms with van der Waals surface area (Å²) in [6, 6.07) is 9.81. The van der Waals surface area contributed by atoms with Crippen molar-refractivity contribution < 1.29 is 19.3 Å². The van der Waals surface area contributed by atoms with Crippen molar-refractivity contribution in [2.45, 2.75) is 12.4 Å². The van der Waals surface area contributed by atoms with Crippen molar-refractivity contribution in [3.63, 3.8) is 0 Å². The Bertz CT molecular complexity index is 293. The van der Waals surface area contributed by atoms with E-state index in [1.54, 1.807) is 0 Å².